The van der Waals surface area contributed by atoms with E-state index in [1.165, 1.54) is 6.07 Å². The van der Waals surface area contributed by atoms with Gasteiger partial charge in [-0.05, 0) is 31.0 Å². The first-order chi connectivity index (χ1) is 8.61. The molecule has 7 heteroatoms. The van der Waals surface area contributed by atoms with Gasteiger partial charge in [-0.3, -0.25) is 4.79 Å². The van der Waals surface area contributed by atoms with Crippen LogP contribution < -0.4 is 0 Å². The van der Waals surface area contributed by atoms with Gasteiger partial charge < -0.3 is 14.9 Å². The van der Waals surface area contributed by atoms with Crippen molar-refractivity contribution in [3.05, 3.63) is 23.8 Å². The van der Waals surface area contributed by atoms with Gasteiger partial charge in [-0.25, -0.2) is 0 Å². The second-order valence-corrected chi connectivity index (χ2v) is 4.32. The highest BCUT2D eigenvalue weighted by Gasteiger charge is 2.57. The molecule has 1 aromatic rings. The van der Waals surface area contributed by atoms with E-state index >= 15 is 0 Å². The maximum Gasteiger partial charge on any atom is 0.404 e. The number of hydrogen-bond acceptors (Lipinski definition) is 4. The summed E-state index contributed by atoms with van der Waals surface area (Å²) in [6.07, 6.45) is -5.50. The van der Waals surface area contributed by atoms with Crippen LogP contribution in [0.2, 0.25) is 0 Å². The summed E-state index contributed by atoms with van der Waals surface area (Å²) in [5.41, 5.74) is -2.66. The molecule has 0 radical (unpaired) electrons. The second kappa shape index (κ2) is 4.99. The van der Waals surface area contributed by atoms with E-state index < -0.39 is 35.5 Å². The van der Waals surface area contributed by atoms with E-state index in [1.807, 2.05) is 0 Å². The number of hydrogen-bond donors (Lipinski definition) is 2. The number of phenolic OH excluding ortho intramolecular Hbond substituents is 2. The molecule has 1 rings (SSSR count). The molecule has 106 valence electrons. The number of benzene rings is 1. The zero-order valence-electron chi connectivity index (χ0n) is 10.3. The Bertz CT molecular complexity index is 484. The summed E-state index contributed by atoms with van der Waals surface area (Å²) >= 11 is 0. The molecule has 0 bridgehead atoms. The number of carbonyl (C=O) groups is 1. The quantitative estimate of drug-likeness (QED) is 0.658. The number of carbonyl (C=O) groups excluding carboxylic acids is 1. The molecule has 1 atom stereocenters. The molecule has 0 fully saturated rings. The van der Waals surface area contributed by atoms with Crippen molar-refractivity contribution in [2.24, 2.45) is 5.41 Å². The van der Waals surface area contributed by atoms with Crippen LogP contribution in [0.4, 0.5) is 13.2 Å². The third-order valence-electron chi connectivity index (χ3n) is 2.86. The molecular weight excluding hydrogens is 265 g/mol. The molecule has 0 amide bonds. The van der Waals surface area contributed by atoms with Crippen LogP contribution in [-0.4, -0.2) is 29.5 Å². The topological polar surface area (TPSA) is 66.8 Å². The van der Waals surface area contributed by atoms with E-state index in [0.717, 1.165) is 26.2 Å². The zero-order chi connectivity index (χ0) is 14.8. The zero-order valence-corrected chi connectivity index (χ0v) is 10.3. The molecule has 4 nitrogen and oxygen atoms in total. The van der Waals surface area contributed by atoms with Crippen molar-refractivity contribution < 1.29 is 32.9 Å². The predicted octanol–water partition coefficient (Wildman–Crippen LogP) is 2.38. The molecule has 2 N–H and O–H groups in total. The fraction of sp³-hybridized carbons (Fsp3) is 0.417. The summed E-state index contributed by atoms with van der Waals surface area (Å²) < 4.78 is 43.2. The lowest BCUT2D eigenvalue weighted by atomic mass is 9.82. The standard InChI is InChI=1S/C12H13F3O4/c1-11(10(18)19-2,12(13,14)15)6-7-3-4-8(16)9(17)5-7/h3-5,16-17H,6H2,1-2H3. The number of alkyl halides is 3. The Balaban J connectivity index is 3.15. The monoisotopic (exact) mass is 278 g/mol. The van der Waals surface area contributed by atoms with Gasteiger partial charge >= 0.3 is 12.1 Å². The van der Waals surface area contributed by atoms with Crippen molar-refractivity contribution in [1.29, 1.82) is 0 Å². The van der Waals surface area contributed by atoms with Gasteiger partial charge in [-0.15, -0.1) is 0 Å². The maximum atomic E-state index is 13.0. The Kier molecular flexibility index (Phi) is 3.97. The van der Waals surface area contributed by atoms with Crippen LogP contribution >= 0.6 is 0 Å². The largest absolute Gasteiger partial charge is 0.504 e. The van der Waals surface area contributed by atoms with E-state index in [4.69, 9.17) is 5.11 Å². The van der Waals surface area contributed by atoms with Crippen LogP contribution in [0.15, 0.2) is 18.2 Å². The number of ether oxygens (including phenoxy) is 1. The molecule has 1 unspecified atom stereocenters. The Labute approximate surface area is 107 Å². The van der Waals surface area contributed by atoms with Crippen LogP contribution in [-0.2, 0) is 16.0 Å². The molecule has 0 aliphatic carbocycles. The number of methoxy groups -OCH3 is 1. The average Bonchev–Trinajstić information content (AvgIpc) is 2.31. The molecule has 19 heavy (non-hydrogen) atoms. The number of aromatic hydroxyl groups is 2. The molecule has 0 aliphatic rings. The van der Waals surface area contributed by atoms with Gasteiger partial charge in [0, 0.05) is 0 Å². The van der Waals surface area contributed by atoms with Gasteiger partial charge in [0.1, 0.15) is 0 Å². The third-order valence-corrected chi connectivity index (χ3v) is 2.86. The number of halogens is 3. The number of phenols is 2. The fourth-order valence-corrected chi connectivity index (χ4v) is 1.60. The number of rotatable bonds is 3. The molecule has 0 aliphatic heterocycles. The van der Waals surface area contributed by atoms with Crippen molar-refractivity contribution in [2.45, 2.75) is 19.5 Å². The predicted molar refractivity (Wildman–Crippen MR) is 59.7 cm³/mol. The van der Waals surface area contributed by atoms with Crippen molar-refractivity contribution in [2.75, 3.05) is 7.11 Å². The van der Waals surface area contributed by atoms with E-state index in [0.29, 0.717) is 0 Å². The molecular formula is C12H13F3O4. The van der Waals surface area contributed by atoms with Gasteiger partial charge in [0.05, 0.1) is 7.11 Å². The highest BCUT2D eigenvalue weighted by Crippen LogP contribution is 2.42. The van der Waals surface area contributed by atoms with Crippen LogP contribution in [0.5, 0.6) is 11.5 Å². The minimum absolute atomic E-state index is 0.0560. The lowest BCUT2D eigenvalue weighted by Gasteiger charge is -2.29. The van der Waals surface area contributed by atoms with Crippen molar-refractivity contribution in [3.8, 4) is 11.5 Å². The lowest BCUT2D eigenvalue weighted by molar-refractivity contribution is -0.228. The summed E-state index contributed by atoms with van der Waals surface area (Å²) in [7, 11) is 0.876. The van der Waals surface area contributed by atoms with Crippen LogP contribution in [0, 0.1) is 5.41 Å². The Morgan fingerprint density at radius 1 is 1.26 bits per heavy atom. The van der Waals surface area contributed by atoms with Crippen molar-refractivity contribution in [3.63, 3.8) is 0 Å². The Morgan fingerprint density at radius 3 is 2.26 bits per heavy atom. The highest BCUT2D eigenvalue weighted by molar-refractivity contribution is 5.77. The first-order valence-corrected chi connectivity index (χ1v) is 5.28. The summed E-state index contributed by atoms with van der Waals surface area (Å²) in [6.45, 7) is 0.725. The maximum absolute atomic E-state index is 13.0. The summed E-state index contributed by atoms with van der Waals surface area (Å²) in [6, 6.07) is 3.23. The summed E-state index contributed by atoms with van der Waals surface area (Å²) in [5.74, 6) is -2.41. The Hall–Kier alpha value is -1.92. The first-order valence-electron chi connectivity index (χ1n) is 5.28. The van der Waals surface area contributed by atoms with Crippen LogP contribution in [0.3, 0.4) is 0 Å². The molecule has 0 saturated carbocycles. The highest BCUT2D eigenvalue weighted by atomic mass is 19.4. The second-order valence-electron chi connectivity index (χ2n) is 4.32. The van der Waals surface area contributed by atoms with Crippen molar-refractivity contribution in [1.82, 2.24) is 0 Å². The smallest absolute Gasteiger partial charge is 0.404 e. The minimum Gasteiger partial charge on any atom is -0.504 e. The van der Waals surface area contributed by atoms with E-state index in [1.54, 1.807) is 0 Å². The number of esters is 1. The SMILES string of the molecule is COC(=O)C(C)(Cc1ccc(O)c(O)c1)C(F)(F)F. The molecule has 0 heterocycles. The average molecular weight is 278 g/mol. The normalized spacial score (nSPS) is 14.8. The van der Waals surface area contributed by atoms with Gasteiger partial charge in [-0.2, -0.15) is 13.2 Å². The van der Waals surface area contributed by atoms with Gasteiger partial charge in [0.15, 0.2) is 16.9 Å². The summed E-state index contributed by atoms with van der Waals surface area (Å²) in [4.78, 5) is 11.4. The van der Waals surface area contributed by atoms with E-state index in [-0.39, 0.29) is 5.56 Å². The summed E-state index contributed by atoms with van der Waals surface area (Å²) in [5, 5.41) is 18.3. The third kappa shape index (κ3) is 2.91. The van der Waals surface area contributed by atoms with E-state index in [2.05, 4.69) is 4.74 Å². The lowest BCUT2D eigenvalue weighted by Crippen LogP contribution is -2.45. The Morgan fingerprint density at radius 2 is 1.84 bits per heavy atom. The van der Waals surface area contributed by atoms with Crippen LogP contribution in [0.25, 0.3) is 0 Å². The molecule has 0 saturated heterocycles. The minimum atomic E-state index is -4.80. The molecule has 0 spiro atoms. The van der Waals surface area contributed by atoms with Crippen molar-refractivity contribution >= 4 is 5.97 Å². The first kappa shape index (κ1) is 15.1. The fourth-order valence-electron chi connectivity index (χ4n) is 1.60. The van der Waals surface area contributed by atoms with Gasteiger partial charge in [0.25, 0.3) is 0 Å². The molecule has 0 aromatic heterocycles. The molecule has 1 aromatic carbocycles. The van der Waals surface area contributed by atoms with Gasteiger partial charge in [0.2, 0.25) is 0 Å². The van der Waals surface area contributed by atoms with Gasteiger partial charge in [-0.1, -0.05) is 6.07 Å². The van der Waals surface area contributed by atoms with Crippen LogP contribution in [0.1, 0.15) is 12.5 Å². The van der Waals surface area contributed by atoms with E-state index in [9.17, 15) is 23.1 Å².